The first-order valence-electron chi connectivity index (χ1n) is 6.51. The summed E-state index contributed by atoms with van der Waals surface area (Å²) in [5.41, 5.74) is 4.64. The smallest absolute Gasteiger partial charge is 0.0412 e. The molecule has 0 saturated carbocycles. The Morgan fingerprint density at radius 1 is 1.35 bits per heavy atom. The van der Waals surface area contributed by atoms with Crippen LogP contribution in [0.2, 0.25) is 0 Å². The van der Waals surface area contributed by atoms with Gasteiger partial charge in [0.2, 0.25) is 0 Å². The van der Waals surface area contributed by atoms with Crippen molar-refractivity contribution in [1.82, 2.24) is 5.32 Å². The summed E-state index contributed by atoms with van der Waals surface area (Å²) >= 11 is 0. The van der Waals surface area contributed by atoms with Crippen LogP contribution >= 0.6 is 0 Å². The van der Waals surface area contributed by atoms with Crippen LogP contribution in [0.5, 0.6) is 0 Å². The van der Waals surface area contributed by atoms with E-state index in [9.17, 15) is 0 Å². The van der Waals surface area contributed by atoms with Crippen LogP contribution in [0.15, 0.2) is 18.2 Å². The van der Waals surface area contributed by atoms with Crippen molar-refractivity contribution < 1.29 is 0 Å². The second kappa shape index (κ2) is 4.69. The van der Waals surface area contributed by atoms with Gasteiger partial charge in [0.15, 0.2) is 0 Å². The fourth-order valence-electron chi connectivity index (χ4n) is 2.67. The highest BCUT2D eigenvalue weighted by atomic mass is 15.2. The van der Waals surface area contributed by atoms with Crippen LogP contribution in [-0.2, 0) is 6.54 Å². The van der Waals surface area contributed by atoms with Crippen molar-refractivity contribution in [2.75, 3.05) is 25.0 Å². The van der Waals surface area contributed by atoms with Gasteiger partial charge in [-0.1, -0.05) is 31.5 Å². The van der Waals surface area contributed by atoms with Crippen LogP contribution in [0.4, 0.5) is 5.69 Å². The van der Waals surface area contributed by atoms with Crippen LogP contribution in [-0.4, -0.2) is 20.1 Å². The summed E-state index contributed by atoms with van der Waals surface area (Å²) in [5.74, 6) is 0. The first-order valence-corrected chi connectivity index (χ1v) is 6.51. The third-order valence-corrected chi connectivity index (χ3v) is 3.62. The molecule has 1 heterocycles. The van der Waals surface area contributed by atoms with Crippen molar-refractivity contribution in [2.24, 2.45) is 5.41 Å². The summed E-state index contributed by atoms with van der Waals surface area (Å²) in [7, 11) is 2.01. The third kappa shape index (κ3) is 2.81. The van der Waals surface area contributed by atoms with E-state index in [2.05, 4.69) is 49.2 Å². The Morgan fingerprint density at radius 3 is 2.71 bits per heavy atom. The van der Waals surface area contributed by atoms with Crippen LogP contribution in [0, 0.1) is 12.3 Å². The molecule has 0 bridgehead atoms. The first-order chi connectivity index (χ1) is 8.02. The maximum atomic E-state index is 3.27. The predicted octanol–water partition coefficient (Wildman–Crippen LogP) is 2.95. The van der Waals surface area contributed by atoms with Gasteiger partial charge in [-0.05, 0) is 37.4 Å². The Balaban J connectivity index is 2.26. The van der Waals surface area contributed by atoms with E-state index in [-0.39, 0.29) is 0 Å². The van der Waals surface area contributed by atoms with E-state index < -0.39 is 0 Å². The lowest BCUT2D eigenvalue weighted by molar-refractivity contribution is 0.418. The number of aryl methyl sites for hydroxylation is 1. The Hall–Kier alpha value is -1.02. The SMILES string of the molecule is CNCc1cc(C)ccc1N1CCC(C)(C)C1. The standard InChI is InChI=1S/C15H24N2/c1-12-5-6-14(13(9-12)10-16-4)17-8-7-15(2,3)11-17/h5-6,9,16H,7-8,10-11H2,1-4H3. The van der Waals surface area contributed by atoms with Gasteiger partial charge in [-0.25, -0.2) is 0 Å². The summed E-state index contributed by atoms with van der Waals surface area (Å²) in [6, 6.07) is 6.81. The maximum Gasteiger partial charge on any atom is 0.0412 e. The molecule has 0 aromatic heterocycles. The van der Waals surface area contributed by atoms with Gasteiger partial charge < -0.3 is 10.2 Å². The lowest BCUT2D eigenvalue weighted by Crippen LogP contribution is -2.24. The van der Waals surface area contributed by atoms with Crippen LogP contribution in [0.25, 0.3) is 0 Å². The van der Waals surface area contributed by atoms with Crippen molar-refractivity contribution in [3.05, 3.63) is 29.3 Å². The van der Waals surface area contributed by atoms with Gasteiger partial charge in [-0.3, -0.25) is 0 Å². The molecule has 0 radical (unpaired) electrons. The molecule has 1 saturated heterocycles. The molecule has 1 aliphatic rings. The van der Waals surface area contributed by atoms with Gasteiger partial charge in [0, 0.05) is 25.3 Å². The number of hydrogen-bond acceptors (Lipinski definition) is 2. The monoisotopic (exact) mass is 232 g/mol. The quantitative estimate of drug-likeness (QED) is 0.862. The highest BCUT2D eigenvalue weighted by Gasteiger charge is 2.30. The summed E-state index contributed by atoms with van der Waals surface area (Å²) in [6.45, 7) is 10.2. The van der Waals surface area contributed by atoms with Gasteiger partial charge >= 0.3 is 0 Å². The average Bonchev–Trinajstić information content (AvgIpc) is 2.59. The zero-order valence-electron chi connectivity index (χ0n) is 11.5. The van der Waals surface area contributed by atoms with Crippen molar-refractivity contribution in [3.8, 4) is 0 Å². The highest BCUT2D eigenvalue weighted by molar-refractivity contribution is 5.56. The molecule has 1 N–H and O–H groups in total. The summed E-state index contributed by atoms with van der Waals surface area (Å²) in [5, 5.41) is 3.27. The fourth-order valence-corrected chi connectivity index (χ4v) is 2.67. The van der Waals surface area contributed by atoms with Gasteiger partial charge in [0.25, 0.3) is 0 Å². The van der Waals surface area contributed by atoms with E-state index >= 15 is 0 Å². The number of nitrogens with one attached hydrogen (secondary N) is 1. The van der Waals surface area contributed by atoms with Crippen LogP contribution in [0.1, 0.15) is 31.4 Å². The van der Waals surface area contributed by atoms with Crippen LogP contribution in [0.3, 0.4) is 0 Å². The van der Waals surface area contributed by atoms with Gasteiger partial charge in [-0.2, -0.15) is 0 Å². The molecule has 2 nitrogen and oxygen atoms in total. The molecule has 0 unspecified atom stereocenters. The fraction of sp³-hybridized carbons (Fsp3) is 0.600. The summed E-state index contributed by atoms with van der Waals surface area (Å²) < 4.78 is 0. The topological polar surface area (TPSA) is 15.3 Å². The molecule has 0 spiro atoms. The number of benzene rings is 1. The van der Waals surface area contributed by atoms with E-state index in [0.717, 1.165) is 6.54 Å². The molecule has 94 valence electrons. The predicted molar refractivity (Wildman–Crippen MR) is 74.6 cm³/mol. The van der Waals surface area contributed by atoms with Crippen LogP contribution < -0.4 is 10.2 Å². The third-order valence-electron chi connectivity index (χ3n) is 3.62. The normalized spacial score (nSPS) is 18.7. The zero-order chi connectivity index (χ0) is 12.5. The Morgan fingerprint density at radius 2 is 2.12 bits per heavy atom. The molecule has 1 aromatic rings. The number of hydrogen-bond donors (Lipinski definition) is 1. The Labute approximate surface area is 105 Å². The number of nitrogens with zero attached hydrogens (tertiary/aromatic N) is 1. The molecule has 0 amide bonds. The Kier molecular flexibility index (Phi) is 3.43. The molecular weight excluding hydrogens is 208 g/mol. The maximum absolute atomic E-state index is 3.27. The second-order valence-electron chi connectivity index (χ2n) is 6.00. The minimum Gasteiger partial charge on any atom is -0.371 e. The van der Waals surface area contributed by atoms with E-state index in [0.29, 0.717) is 5.41 Å². The molecule has 2 rings (SSSR count). The van der Waals surface area contributed by atoms with E-state index in [1.54, 1.807) is 0 Å². The van der Waals surface area contributed by atoms with E-state index in [1.807, 2.05) is 7.05 Å². The van der Waals surface area contributed by atoms with Gasteiger partial charge in [-0.15, -0.1) is 0 Å². The summed E-state index contributed by atoms with van der Waals surface area (Å²) in [6.07, 6.45) is 1.29. The molecule has 0 atom stereocenters. The lowest BCUT2D eigenvalue weighted by atomic mass is 9.93. The van der Waals surface area contributed by atoms with Gasteiger partial charge in [0.05, 0.1) is 0 Å². The molecule has 17 heavy (non-hydrogen) atoms. The van der Waals surface area contributed by atoms with E-state index in [4.69, 9.17) is 0 Å². The summed E-state index contributed by atoms with van der Waals surface area (Å²) in [4.78, 5) is 2.53. The minimum absolute atomic E-state index is 0.460. The minimum atomic E-state index is 0.460. The molecule has 1 fully saturated rings. The molecule has 1 aliphatic heterocycles. The number of anilines is 1. The lowest BCUT2D eigenvalue weighted by Gasteiger charge is -2.24. The molecule has 2 heteroatoms. The van der Waals surface area contributed by atoms with Crippen molar-refractivity contribution >= 4 is 5.69 Å². The van der Waals surface area contributed by atoms with Crippen molar-refractivity contribution in [3.63, 3.8) is 0 Å². The molecule has 0 aliphatic carbocycles. The van der Waals surface area contributed by atoms with E-state index in [1.165, 1.54) is 36.3 Å². The largest absolute Gasteiger partial charge is 0.371 e. The second-order valence-corrected chi connectivity index (χ2v) is 6.00. The van der Waals surface area contributed by atoms with Gasteiger partial charge in [0.1, 0.15) is 0 Å². The molecular formula is C15H24N2. The Bertz CT molecular complexity index is 396. The first kappa shape index (κ1) is 12.4. The number of rotatable bonds is 3. The zero-order valence-corrected chi connectivity index (χ0v) is 11.5. The molecule has 1 aromatic carbocycles. The highest BCUT2D eigenvalue weighted by Crippen LogP contribution is 2.34. The average molecular weight is 232 g/mol. The van der Waals surface area contributed by atoms with Crippen molar-refractivity contribution in [1.29, 1.82) is 0 Å². The van der Waals surface area contributed by atoms with Crippen molar-refractivity contribution in [2.45, 2.75) is 33.7 Å².